The summed E-state index contributed by atoms with van der Waals surface area (Å²) in [5, 5.41) is 0. The third-order valence-electron chi connectivity index (χ3n) is 2.30. The summed E-state index contributed by atoms with van der Waals surface area (Å²) < 4.78 is 10.6. The molecule has 0 radical (unpaired) electrons. The van der Waals surface area contributed by atoms with Crippen LogP contribution in [-0.2, 0) is 6.42 Å². The molecule has 16 heavy (non-hydrogen) atoms. The minimum absolute atomic E-state index is 0.0412. The molecule has 1 atom stereocenters. The molecule has 3 nitrogen and oxygen atoms in total. The van der Waals surface area contributed by atoms with E-state index in [-0.39, 0.29) is 6.04 Å². The zero-order valence-electron chi connectivity index (χ0n) is 9.91. The predicted molar refractivity (Wildman–Crippen MR) is 64.8 cm³/mol. The second kappa shape index (κ2) is 5.43. The van der Waals surface area contributed by atoms with E-state index in [4.69, 9.17) is 21.6 Å². The van der Waals surface area contributed by atoms with Crippen molar-refractivity contribution in [3.63, 3.8) is 0 Å². The van der Waals surface area contributed by atoms with Gasteiger partial charge in [-0.3, -0.25) is 0 Å². The highest BCUT2D eigenvalue weighted by Gasteiger charge is 2.13. The standard InChI is InChI=1S/C13H17NO2/c1-5-10-7-12(15-3)11(6-9(2)14)13(8-10)16-4/h1,7-9H,6,14H2,2-4H3. The molecule has 0 saturated carbocycles. The first-order chi connectivity index (χ1) is 7.62. The number of ether oxygens (including phenoxy) is 2. The van der Waals surface area contributed by atoms with E-state index in [2.05, 4.69) is 5.92 Å². The molecule has 2 N–H and O–H groups in total. The van der Waals surface area contributed by atoms with Crippen molar-refractivity contribution < 1.29 is 9.47 Å². The van der Waals surface area contributed by atoms with E-state index in [9.17, 15) is 0 Å². The summed E-state index contributed by atoms with van der Waals surface area (Å²) in [5.74, 6) is 4.02. The summed E-state index contributed by atoms with van der Waals surface area (Å²) >= 11 is 0. The molecule has 0 aromatic heterocycles. The Hall–Kier alpha value is -1.66. The maximum Gasteiger partial charge on any atom is 0.127 e. The Balaban J connectivity index is 3.27. The number of nitrogens with two attached hydrogens (primary N) is 1. The van der Waals surface area contributed by atoms with Crippen LogP contribution >= 0.6 is 0 Å². The minimum atomic E-state index is 0.0412. The maximum atomic E-state index is 5.79. The maximum absolute atomic E-state index is 5.79. The van der Waals surface area contributed by atoms with Gasteiger partial charge in [-0.05, 0) is 25.5 Å². The van der Waals surface area contributed by atoms with Crippen LogP contribution in [0, 0.1) is 12.3 Å². The first-order valence-electron chi connectivity index (χ1n) is 5.09. The Morgan fingerprint density at radius 2 is 1.81 bits per heavy atom. The molecule has 1 aromatic rings. The van der Waals surface area contributed by atoms with Crippen molar-refractivity contribution in [1.82, 2.24) is 0 Å². The van der Waals surface area contributed by atoms with Crippen molar-refractivity contribution in [2.75, 3.05) is 14.2 Å². The molecule has 0 aliphatic rings. The first kappa shape index (κ1) is 12.4. The molecule has 0 aliphatic heterocycles. The SMILES string of the molecule is C#Cc1cc(OC)c(CC(C)N)c(OC)c1. The van der Waals surface area contributed by atoms with Crippen molar-refractivity contribution in [1.29, 1.82) is 0 Å². The molecule has 0 saturated heterocycles. The van der Waals surface area contributed by atoms with Gasteiger partial charge in [0.1, 0.15) is 11.5 Å². The van der Waals surface area contributed by atoms with E-state index in [0.29, 0.717) is 6.42 Å². The number of rotatable bonds is 4. The fourth-order valence-corrected chi connectivity index (χ4v) is 1.59. The lowest BCUT2D eigenvalue weighted by molar-refractivity contribution is 0.383. The van der Waals surface area contributed by atoms with Gasteiger partial charge in [0.25, 0.3) is 0 Å². The smallest absolute Gasteiger partial charge is 0.127 e. The molecular formula is C13H17NO2. The highest BCUT2D eigenvalue weighted by Crippen LogP contribution is 2.31. The largest absolute Gasteiger partial charge is 0.496 e. The van der Waals surface area contributed by atoms with E-state index >= 15 is 0 Å². The molecule has 0 aliphatic carbocycles. The molecule has 3 heteroatoms. The lowest BCUT2D eigenvalue weighted by Gasteiger charge is -2.15. The number of benzene rings is 1. The molecule has 1 aromatic carbocycles. The van der Waals surface area contributed by atoms with Gasteiger partial charge in [0.15, 0.2) is 0 Å². The van der Waals surface area contributed by atoms with Crippen LogP contribution in [0.15, 0.2) is 12.1 Å². The van der Waals surface area contributed by atoms with Gasteiger partial charge in [-0.2, -0.15) is 0 Å². The minimum Gasteiger partial charge on any atom is -0.496 e. The van der Waals surface area contributed by atoms with Crippen molar-refractivity contribution in [3.8, 4) is 23.8 Å². The fourth-order valence-electron chi connectivity index (χ4n) is 1.59. The van der Waals surface area contributed by atoms with Gasteiger partial charge in [0, 0.05) is 17.2 Å². The summed E-state index contributed by atoms with van der Waals surface area (Å²) in [6, 6.07) is 3.68. The molecule has 86 valence electrons. The Labute approximate surface area is 96.6 Å². The van der Waals surface area contributed by atoms with Crippen LogP contribution in [0.5, 0.6) is 11.5 Å². The zero-order valence-corrected chi connectivity index (χ0v) is 9.91. The summed E-state index contributed by atoms with van der Waals surface area (Å²) in [6.45, 7) is 1.94. The van der Waals surface area contributed by atoms with Crippen LogP contribution in [0.25, 0.3) is 0 Å². The molecule has 1 rings (SSSR count). The van der Waals surface area contributed by atoms with Gasteiger partial charge in [-0.25, -0.2) is 0 Å². The topological polar surface area (TPSA) is 44.5 Å². The molecule has 1 unspecified atom stereocenters. The van der Waals surface area contributed by atoms with Crippen LogP contribution in [0.1, 0.15) is 18.1 Å². The van der Waals surface area contributed by atoms with E-state index in [1.54, 1.807) is 14.2 Å². The average Bonchev–Trinajstić information content (AvgIpc) is 2.28. The summed E-state index contributed by atoms with van der Waals surface area (Å²) in [5.41, 5.74) is 7.49. The average molecular weight is 219 g/mol. The molecule has 0 amide bonds. The summed E-state index contributed by atoms with van der Waals surface area (Å²) in [7, 11) is 3.22. The third-order valence-corrected chi connectivity index (χ3v) is 2.30. The van der Waals surface area contributed by atoms with Crippen LogP contribution in [0.3, 0.4) is 0 Å². The first-order valence-corrected chi connectivity index (χ1v) is 5.09. The molecule has 0 heterocycles. The van der Waals surface area contributed by atoms with Crippen molar-refractivity contribution >= 4 is 0 Å². The van der Waals surface area contributed by atoms with Crippen molar-refractivity contribution in [2.24, 2.45) is 5.73 Å². The molecule has 0 fully saturated rings. The quantitative estimate of drug-likeness (QED) is 0.782. The normalized spacial score (nSPS) is 11.7. The third kappa shape index (κ3) is 2.68. The molecule has 0 spiro atoms. The van der Waals surface area contributed by atoms with Gasteiger partial charge in [-0.15, -0.1) is 6.42 Å². The van der Waals surface area contributed by atoms with Gasteiger partial charge >= 0.3 is 0 Å². The van der Waals surface area contributed by atoms with E-state index < -0.39 is 0 Å². The second-order valence-electron chi connectivity index (χ2n) is 3.69. The lowest BCUT2D eigenvalue weighted by Crippen LogP contribution is -2.18. The second-order valence-corrected chi connectivity index (χ2v) is 3.69. The van der Waals surface area contributed by atoms with E-state index in [0.717, 1.165) is 22.6 Å². The Kier molecular flexibility index (Phi) is 4.21. The van der Waals surface area contributed by atoms with E-state index in [1.165, 1.54) is 0 Å². The van der Waals surface area contributed by atoms with Gasteiger partial charge in [-0.1, -0.05) is 5.92 Å². The van der Waals surface area contributed by atoms with Crippen LogP contribution in [-0.4, -0.2) is 20.3 Å². The van der Waals surface area contributed by atoms with Gasteiger partial charge in [0.05, 0.1) is 14.2 Å². The molecule has 0 bridgehead atoms. The van der Waals surface area contributed by atoms with Gasteiger partial charge in [0.2, 0.25) is 0 Å². The Bertz CT molecular complexity index is 380. The fraction of sp³-hybridized carbons (Fsp3) is 0.385. The summed E-state index contributed by atoms with van der Waals surface area (Å²) in [4.78, 5) is 0. The Morgan fingerprint density at radius 1 is 1.31 bits per heavy atom. The summed E-state index contributed by atoms with van der Waals surface area (Å²) in [6.07, 6.45) is 6.05. The van der Waals surface area contributed by atoms with Crippen LogP contribution in [0.4, 0.5) is 0 Å². The van der Waals surface area contributed by atoms with Crippen molar-refractivity contribution in [2.45, 2.75) is 19.4 Å². The highest BCUT2D eigenvalue weighted by molar-refractivity contribution is 5.52. The lowest BCUT2D eigenvalue weighted by atomic mass is 10.0. The van der Waals surface area contributed by atoms with Crippen molar-refractivity contribution in [3.05, 3.63) is 23.3 Å². The van der Waals surface area contributed by atoms with Crippen LogP contribution < -0.4 is 15.2 Å². The van der Waals surface area contributed by atoms with E-state index in [1.807, 2.05) is 19.1 Å². The molecular weight excluding hydrogens is 202 g/mol. The number of terminal acetylenes is 1. The van der Waals surface area contributed by atoms with Crippen LogP contribution in [0.2, 0.25) is 0 Å². The monoisotopic (exact) mass is 219 g/mol. The van der Waals surface area contributed by atoms with Gasteiger partial charge < -0.3 is 15.2 Å². The Morgan fingerprint density at radius 3 is 2.12 bits per heavy atom. The number of hydrogen-bond acceptors (Lipinski definition) is 3. The predicted octanol–water partition coefficient (Wildman–Crippen LogP) is 1.57. The number of hydrogen-bond donors (Lipinski definition) is 1. The zero-order chi connectivity index (χ0) is 12.1. The number of methoxy groups -OCH3 is 2. The highest BCUT2D eigenvalue weighted by atomic mass is 16.5.